The highest BCUT2D eigenvalue weighted by Crippen LogP contribution is 2.41. The van der Waals surface area contributed by atoms with Crippen LogP contribution in [0.5, 0.6) is 0 Å². The van der Waals surface area contributed by atoms with Crippen LogP contribution in [-0.4, -0.2) is 16.7 Å². The van der Waals surface area contributed by atoms with Gasteiger partial charge in [0.15, 0.2) is 17.8 Å². The third-order valence-electron chi connectivity index (χ3n) is 5.61. The summed E-state index contributed by atoms with van der Waals surface area (Å²) in [6.07, 6.45) is 5.23. The molecule has 0 spiro atoms. The molecule has 0 saturated carbocycles. The number of benzene rings is 2. The number of ketones is 1. The van der Waals surface area contributed by atoms with Crippen molar-refractivity contribution in [2.75, 3.05) is 0 Å². The van der Waals surface area contributed by atoms with Gasteiger partial charge in [-0.3, -0.25) is 9.59 Å². The van der Waals surface area contributed by atoms with Crippen LogP contribution in [0.25, 0.3) is 21.9 Å². The van der Waals surface area contributed by atoms with E-state index in [1.54, 1.807) is 0 Å². The zero-order valence-corrected chi connectivity index (χ0v) is 13.5. The molecule has 1 aromatic heterocycles. The second-order valence-electron chi connectivity index (χ2n) is 6.97. The van der Waals surface area contributed by atoms with E-state index in [1.165, 1.54) is 6.39 Å². The molecule has 25 heavy (non-hydrogen) atoms. The van der Waals surface area contributed by atoms with Crippen molar-refractivity contribution in [1.82, 2.24) is 4.98 Å². The van der Waals surface area contributed by atoms with Crippen LogP contribution in [0.15, 0.2) is 46.7 Å². The monoisotopic (exact) mass is 332 g/mol. The Labute approximate surface area is 143 Å². The molecule has 0 saturated heterocycles. The fraction of sp³-hybridized carbons (Fsp3) is 0.250. The first-order valence-corrected chi connectivity index (χ1v) is 8.43. The maximum absolute atomic E-state index is 13.0. The number of rotatable bonds is 1. The number of hydrogen-bond acceptors (Lipinski definition) is 4. The van der Waals surface area contributed by atoms with E-state index in [0.717, 1.165) is 39.4 Å². The molecule has 2 aromatic carbocycles. The summed E-state index contributed by atoms with van der Waals surface area (Å²) in [5.41, 5.74) is 9.45. The number of Topliss-reactive ketones (excluding diaryl/α,β-unsaturated/α-hetero) is 1. The molecule has 2 aliphatic carbocycles. The average molecular weight is 332 g/mol. The molecule has 2 N–H and O–H groups in total. The molecular formula is C20H16N2O3. The van der Waals surface area contributed by atoms with Crippen molar-refractivity contribution in [3.63, 3.8) is 0 Å². The number of oxazole rings is 1. The van der Waals surface area contributed by atoms with Gasteiger partial charge in [-0.1, -0.05) is 12.1 Å². The van der Waals surface area contributed by atoms with Crippen molar-refractivity contribution in [2.45, 2.75) is 19.3 Å². The van der Waals surface area contributed by atoms with Crippen LogP contribution >= 0.6 is 0 Å². The molecule has 5 nitrogen and oxygen atoms in total. The van der Waals surface area contributed by atoms with Crippen LogP contribution in [0.3, 0.4) is 0 Å². The minimum atomic E-state index is -0.376. The van der Waals surface area contributed by atoms with E-state index in [2.05, 4.69) is 11.1 Å². The van der Waals surface area contributed by atoms with Gasteiger partial charge in [-0.05, 0) is 54.3 Å². The van der Waals surface area contributed by atoms with Crippen LogP contribution < -0.4 is 5.73 Å². The second kappa shape index (κ2) is 5.02. The van der Waals surface area contributed by atoms with Gasteiger partial charge < -0.3 is 10.2 Å². The van der Waals surface area contributed by atoms with Gasteiger partial charge in [-0.2, -0.15) is 0 Å². The van der Waals surface area contributed by atoms with E-state index in [-0.39, 0.29) is 23.5 Å². The first-order chi connectivity index (χ1) is 12.1. The number of amides is 1. The van der Waals surface area contributed by atoms with Crippen molar-refractivity contribution in [3.8, 4) is 0 Å². The summed E-state index contributed by atoms with van der Waals surface area (Å²) in [7, 11) is 0. The van der Waals surface area contributed by atoms with E-state index in [1.807, 2.05) is 24.3 Å². The van der Waals surface area contributed by atoms with Gasteiger partial charge in [-0.15, -0.1) is 0 Å². The number of hydrogen-bond donors (Lipinski definition) is 1. The van der Waals surface area contributed by atoms with E-state index in [0.29, 0.717) is 18.4 Å². The first-order valence-electron chi connectivity index (χ1n) is 8.43. The minimum absolute atomic E-state index is 0.0536. The Morgan fingerprint density at radius 1 is 1.24 bits per heavy atom. The summed E-state index contributed by atoms with van der Waals surface area (Å²) in [6.45, 7) is 0. The molecule has 3 aromatic rings. The number of fused-ring (bicyclic) bond motifs is 5. The average Bonchev–Trinajstić information content (AvgIpc) is 3.09. The zero-order valence-electron chi connectivity index (χ0n) is 13.5. The Balaban J connectivity index is 1.65. The number of carbonyl (C=O) groups is 2. The summed E-state index contributed by atoms with van der Waals surface area (Å²) < 4.78 is 5.54. The molecular weight excluding hydrogens is 316 g/mol. The van der Waals surface area contributed by atoms with Gasteiger partial charge in [0.2, 0.25) is 5.91 Å². The minimum Gasteiger partial charge on any atom is -0.443 e. The van der Waals surface area contributed by atoms with Crippen molar-refractivity contribution in [1.29, 1.82) is 0 Å². The van der Waals surface area contributed by atoms with Gasteiger partial charge in [-0.25, -0.2) is 4.98 Å². The molecule has 2 aliphatic rings. The lowest BCUT2D eigenvalue weighted by Gasteiger charge is -2.34. The van der Waals surface area contributed by atoms with E-state index in [4.69, 9.17) is 10.2 Å². The van der Waals surface area contributed by atoms with Crippen LogP contribution in [0.2, 0.25) is 0 Å². The number of carbonyl (C=O) groups excluding carboxylic acids is 2. The van der Waals surface area contributed by atoms with E-state index in [9.17, 15) is 9.59 Å². The molecule has 124 valence electrons. The summed E-state index contributed by atoms with van der Waals surface area (Å²) in [5.74, 6) is -0.120. The molecule has 0 radical (unpaired) electrons. The van der Waals surface area contributed by atoms with Gasteiger partial charge in [0, 0.05) is 22.4 Å². The van der Waals surface area contributed by atoms with Crippen molar-refractivity contribution in [3.05, 3.63) is 53.4 Å². The molecule has 5 rings (SSSR count). The summed E-state index contributed by atoms with van der Waals surface area (Å²) >= 11 is 0. The van der Waals surface area contributed by atoms with Crippen LogP contribution in [-0.2, 0) is 11.2 Å². The largest absolute Gasteiger partial charge is 0.443 e. The Kier molecular flexibility index (Phi) is 2.89. The maximum Gasteiger partial charge on any atom is 0.244 e. The molecule has 5 heteroatoms. The lowest BCUT2D eigenvalue weighted by atomic mass is 9.68. The van der Waals surface area contributed by atoms with Crippen molar-refractivity contribution in [2.24, 2.45) is 17.6 Å². The molecule has 0 bridgehead atoms. The quantitative estimate of drug-likeness (QED) is 0.741. The highest BCUT2D eigenvalue weighted by Gasteiger charge is 2.38. The predicted molar refractivity (Wildman–Crippen MR) is 93.0 cm³/mol. The van der Waals surface area contributed by atoms with Crippen molar-refractivity contribution < 1.29 is 14.0 Å². The summed E-state index contributed by atoms with van der Waals surface area (Å²) in [4.78, 5) is 28.7. The van der Waals surface area contributed by atoms with Crippen molar-refractivity contribution >= 4 is 33.6 Å². The van der Waals surface area contributed by atoms with Gasteiger partial charge in [0.1, 0.15) is 5.52 Å². The molecule has 0 aliphatic heterocycles. The SMILES string of the molecule is NC(=O)C1=CCC2C(=O)c3cc4ccc5ncoc5c4cc3CC2C1. The highest BCUT2D eigenvalue weighted by molar-refractivity contribution is 6.09. The smallest absolute Gasteiger partial charge is 0.244 e. The lowest BCUT2D eigenvalue weighted by molar-refractivity contribution is -0.115. The first kappa shape index (κ1) is 14.4. The number of aromatic nitrogens is 1. The van der Waals surface area contributed by atoms with Gasteiger partial charge in [0.05, 0.1) is 0 Å². The number of nitrogens with zero attached hydrogens (tertiary/aromatic N) is 1. The third kappa shape index (κ3) is 2.05. The topological polar surface area (TPSA) is 86.2 Å². The number of allylic oxidation sites excluding steroid dienone is 1. The molecule has 0 fully saturated rings. The molecule has 2 atom stereocenters. The number of nitrogens with two attached hydrogens (primary N) is 1. The second-order valence-corrected chi connectivity index (χ2v) is 6.97. The lowest BCUT2D eigenvalue weighted by Crippen LogP contribution is -2.35. The normalized spacial score (nSPS) is 22.6. The Morgan fingerprint density at radius 3 is 2.96 bits per heavy atom. The number of primary amides is 1. The zero-order chi connectivity index (χ0) is 17.1. The van der Waals surface area contributed by atoms with Crippen LogP contribution in [0, 0.1) is 11.8 Å². The third-order valence-corrected chi connectivity index (χ3v) is 5.61. The van der Waals surface area contributed by atoms with Crippen LogP contribution in [0.1, 0.15) is 28.8 Å². The van der Waals surface area contributed by atoms with Crippen LogP contribution in [0.4, 0.5) is 0 Å². The molecule has 1 heterocycles. The maximum atomic E-state index is 13.0. The van der Waals surface area contributed by atoms with E-state index >= 15 is 0 Å². The molecule has 1 amide bonds. The summed E-state index contributed by atoms with van der Waals surface area (Å²) in [6, 6.07) is 7.91. The summed E-state index contributed by atoms with van der Waals surface area (Å²) in [5, 5.41) is 1.96. The van der Waals surface area contributed by atoms with Gasteiger partial charge >= 0.3 is 0 Å². The molecule has 2 unspecified atom stereocenters. The fourth-order valence-electron chi connectivity index (χ4n) is 4.33. The standard InChI is InChI=1S/C20H16N2O3/c21-20(24)11-1-3-14-12(5-11)6-13-8-16-10(7-15(13)18(14)23)2-4-17-19(16)25-9-22-17/h1-2,4,7-9,12,14H,3,5-6H2,(H2,21,24). The predicted octanol–water partition coefficient (Wildman–Crippen LogP) is 3.16. The Morgan fingerprint density at radius 2 is 2.12 bits per heavy atom. The highest BCUT2D eigenvalue weighted by atomic mass is 16.3. The Hall–Kier alpha value is -2.95. The van der Waals surface area contributed by atoms with E-state index < -0.39 is 0 Å². The van der Waals surface area contributed by atoms with Gasteiger partial charge in [0.25, 0.3) is 0 Å². The fourth-order valence-corrected chi connectivity index (χ4v) is 4.33. The Bertz CT molecular complexity index is 1090.